The fourth-order valence-corrected chi connectivity index (χ4v) is 3.07. The minimum atomic E-state index is -0.137. The largest absolute Gasteiger partial charge is 0.488 e. The van der Waals surface area contributed by atoms with Crippen LogP contribution in [-0.2, 0) is 9.53 Å². The van der Waals surface area contributed by atoms with Crippen molar-refractivity contribution in [3.8, 4) is 0 Å². The molecule has 0 bridgehead atoms. The van der Waals surface area contributed by atoms with Crippen LogP contribution in [-0.4, -0.2) is 25.6 Å². The lowest BCUT2D eigenvalue weighted by Crippen LogP contribution is -2.26. The smallest absolute Gasteiger partial charge is 0.290 e. The molecule has 3 rings (SSSR count). The number of rotatable bonds is 3. The molecule has 0 radical (unpaired) electrons. The molecule has 4 heteroatoms. The number of anilines is 2. The number of nitrogens with zero attached hydrogens (tertiary/aromatic N) is 1. The van der Waals surface area contributed by atoms with Crippen molar-refractivity contribution >= 4 is 17.3 Å². The number of carbonyl (C=O) groups excluding carboxylic acids is 1. The molecule has 1 aromatic rings. The van der Waals surface area contributed by atoms with Crippen LogP contribution in [0, 0.1) is 0 Å². The van der Waals surface area contributed by atoms with E-state index in [0.717, 1.165) is 37.3 Å². The molecule has 1 aromatic carbocycles. The Morgan fingerprint density at radius 1 is 1.05 bits per heavy atom. The van der Waals surface area contributed by atoms with Gasteiger partial charge in [-0.05, 0) is 43.9 Å². The molecular weight excluding hydrogens is 276 g/mol. The van der Waals surface area contributed by atoms with Crippen LogP contribution in [0.5, 0.6) is 0 Å². The standard InChI is InChI=1S/C18H24N2O2/c21-18(17-11-5-8-14-22-17)19-15-9-3-4-10-16(15)20-12-6-1-2-7-13-20/h3-4,9-11H,1-2,5-8,12-14H2,(H,19,21). The maximum Gasteiger partial charge on any atom is 0.290 e. The van der Waals surface area contributed by atoms with Crippen molar-refractivity contribution in [3.63, 3.8) is 0 Å². The predicted octanol–water partition coefficient (Wildman–Crippen LogP) is 3.70. The van der Waals surface area contributed by atoms with Gasteiger partial charge in [-0.15, -0.1) is 0 Å². The zero-order valence-corrected chi connectivity index (χ0v) is 13.0. The highest BCUT2D eigenvalue weighted by Crippen LogP contribution is 2.28. The molecule has 4 nitrogen and oxygen atoms in total. The summed E-state index contributed by atoms with van der Waals surface area (Å²) >= 11 is 0. The summed E-state index contributed by atoms with van der Waals surface area (Å²) < 4.78 is 5.45. The first kappa shape index (κ1) is 14.9. The van der Waals surface area contributed by atoms with Gasteiger partial charge in [0.05, 0.1) is 18.0 Å². The molecule has 1 fully saturated rings. The van der Waals surface area contributed by atoms with E-state index in [1.54, 1.807) is 0 Å². The van der Waals surface area contributed by atoms with E-state index in [1.807, 2.05) is 24.3 Å². The van der Waals surface area contributed by atoms with Gasteiger partial charge in [0, 0.05) is 13.1 Å². The topological polar surface area (TPSA) is 41.6 Å². The fourth-order valence-electron chi connectivity index (χ4n) is 3.07. The monoisotopic (exact) mass is 300 g/mol. The summed E-state index contributed by atoms with van der Waals surface area (Å²) in [5.41, 5.74) is 2.00. The Bertz CT molecular complexity index is 546. The Morgan fingerprint density at radius 3 is 2.55 bits per heavy atom. The normalized spacial score (nSPS) is 18.9. The molecule has 0 atom stereocenters. The Labute approximate surface area is 132 Å². The number of nitrogens with one attached hydrogen (secondary N) is 1. The molecule has 1 amide bonds. The van der Waals surface area contributed by atoms with Gasteiger partial charge in [0.1, 0.15) is 0 Å². The number of amides is 1. The summed E-state index contributed by atoms with van der Waals surface area (Å²) in [4.78, 5) is 14.7. The van der Waals surface area contributed by atoms with E-state index >= 15 is 0 Å². The first-order chi connectivity index (χ1) is 10.8. The van der Waals surface area contributed by atoms with Crippen molar-refractivity contribution in [1.82, 2.24) is 0 Å². The fraction of sp³-hybridized carbons (Fsp3) is 0.500. The van der Waals surface area contributed by atoms with E-state index in [2.05, 4.69) is 16.3 Å². The lowest BCUT2D eigenvalue weighted by atomic mass is 10.2. The van der Waals surface area contributed by atoms with Crippen molar-refractivity contribution in [3.05, 3.63) is 36.1 Å². The average Bonchev–Trinajstić information content (AvgIpc) is 2.85. The molecular formula is C18H24N2O2. The third kappa shape index (κ3) is 3.62. The van der Waals surface area contributed by atoms with Crippen LogP contribution in [0.25, 0.3) is 0 Å². The van der Waals surface area contributed by atoms with E-state index in [0.29, 0.717) is 12.4 Å². The molecule has 0 aromatic heterocycles. The van der Waals surface area contributed by atoms with E-state index in [4.69, 9.17) is 4.74 Å². The summed E-state index contributed by atoms with van der Waals surface area (Å²) in [7, 11) is 0. The molecule has 22 heavy (non-hydrogen) atoms. The van der Waals surface area contributed by atoms with Crippen LogP contribution >= 0.6 is 0 Å². The molecule has 0 spiro atoms. The first-order valence-corrected chi connectivity index (χ1v) is 8.33. The van der Waals surface area contributed by atoms with E-state index in [-0.39, 0.29) is 5.91 Å². The lowest BCUT2D eigenvalue weighted by Gasteiger charge is -2.25. The van der Waals surface area contributed by atoms with E-state index in [1.165, 1.54) is 25.7 Å². The SMILES string of the molecule is O=C(Nc1ccccc1N1CCCCCC1)C1=CCCCO1. The molecule has 0 unspecified atom stereocenters. The third-order valence-corrected chi connectivity index (χ3v) is 4.26. The first-order valence-electron chi connectivity index (χ1n) is 8.33. The highest BCUT2D eigenvalue weighted by Gasteiger charge is 2.18. The Morgan fingerprint density at radius 2 is 1.82 bits per heavy atom. The zero-order chi connectivity index (χ0) is 15.2. The Balaban J connectivity index is 1.75. The van der Waals surface area contributed by atoms with Gasteiger partial charge in [0.25, 0.3) is 5.91 Å². The maximum absolute atomic E-state index is 12.3. The van der Waals surface area contributed by atoms with Crippen LogP contribution in [0.4, 0.5) is 11.4 Å². The predicted molar refractivity (Wildman–Crippen MR) is 89.0 cm³/mol. The van der Waals surface area contributed by atoms with Gasteiger partial charge in [-0.2, -0.15) is 0 Å². The number of para-hydroxylation sites is 2. The number of benzene rings is 1. The molecule has 2 heterocycles. The number of hydrogen-bond acceptors (Lipinski definition) is 3. The summed E-state index contributed by atoms with van der Waals surface area (Å²) in [6.07, 6.45) is 8.82. The van der Waals surface area contributed by atoms with Gasteiger partial charge >= 0.3 is 0 Å². The lowest BCUT2D eigenvalue weighted by molar-refractivity contribution is -0.116. The van der Waals surface area contributed by atoms with Crippen molar-refractivity contribution in [2.24, 2.45) is 0 Å². The van der Waals surface area contributed by atoms with Gasteiger partial charge in [0.15, 0.2) is 5.76 Å². The highest BCUT2D eigenvalue weighted by atomic mass is 16.5. The number of allylic oxidation sites excluding steroid dienone is 1. The minimum Gasteiger partial charge on any atom is -0.488 e. The summed E-state index contributed by atoms with van der Waals surface area (Å²) in [6, 6.07) is 8.07. The van der Waals surface area contributed by atoms with Crippen LogP contribution in [0.1, 0.15) is 38.5 Å². The second-order valence-corrected chi connectivity index (χ2v) is 5.93. The van der Waals surface area contributed by atoms with Gasteiger partial charge < -0.3 is 15.0 Å². The van der Waals surface area contributed by atoms with E-state index < -0.39 is 0 Å². The third-order valence-electron chi connectivity index (χ3n) is 4.26. The summed E-state index contributed by atoms with van der Waals surface area (Å²) in [5, 5.41) is 3.02. The summed E-state index contributed by atoms with van der Waals surface area (Å²) in [6.45, 7) is 2.76. The van der Waals surface area contributed by atoms with E-state index in [9.17, 15) is 4.79 Å². The quantitative estimate of drug-likeness (QED) is 0.925. The van der Waals surface area contributed by atoms with Crippen LogP contribution in [0.15, 0.2) is 36.1 Å². The Hall–Kier alpha value is -1.97. The van der Waals surface area contributed by atoms with Gasteiger partial charge in [-0.1, -0.05) is 25.0 Å². The molecule has 118 valence electrons. The molecule has 1 N–H and O–H groups in total. The molecule has 1 saturated heterocycles. The van der Waals surface area contributed by atoms with Crippen LogP contribution in [0.3, 0.4) is 0 Å². The van der Waals surface area contributed by atoms with Crippen LogP contribution in [0.2, 0.25) is 0 Å². The second kappa shape index (κ2) is 7.34. The number of ether oxygens (including phenoxy) is 1. The maximum atomic E-state index is 12.3. The minimum absolute atomic E-state index is 0.137. The van der Waals surface area contributed by atoms with Gasteiger partial charge in [-0.3, -0.25) is 4.79 Å². The van der Waals surface area contributed by atoms with Crippen molar-refractivity contribution < 1.29 is 9.53 Å². The molecule has 0 saturated carbocycles. The number of hydrogen-bond donors (Lipinski definition) is 1. The van der Waals surface area contributed by atoms with Crippen LogP contribution < -0.4 is 10.2 Å². The van der Waals surface area contributed by atoms with Crippen molar-refractivity contribution in [2.75, 3.05) is 29.9 Å². The molecule has 2 aliphatic heterocycles. The number of carbonyl (C=O) groups is 1. The average molecular weight is 300 g/mol. The summed E-state index contributed by atoms with van der Waals surface area (Å²) in [5.74, 6) is 0.318. The van der Waals surface area contributed by atoms with Gasteiger partial charge in [0.2, 0.25) is 0 Å². The molecule has 2 aliphatic rings. The highest BCUT2D eigenvalue weighted by molar-refractivity contribution is 6.04. The van der Waals surface area contributed by atoms with Crippen molar-refractivity contribution in [1.29, 1.82) is 0 Å². The molecule has 0 aliphatic carbocycles. The van der Waals surface area contributed by atoms with Crippen molar-refractivity contribution in [2.45, 2.75) is 38.5 Å². The Kier molecular flexibility index (Phi) is 4.99. The zero-order valence-electron chi connectivity index (χ0n) is 13.0. The van der Waals surface area contributed by atoms with Gasteiger partial charge in [-0.25, -0.2) is 0 Å². The second-order valence-electron chi connectivity index (χ2n) is 5.93.